The minimum absolute atomic E-state index is 0.167. The highest BCUT2D eigenvalue weighted by molar-refractivity contribution is 5.90. The van der Waals surface area contributed by atoms with Gasteiger partial charge in [-0.15, -0.1) is 0 Å². The highest BCUT2D eigenvalue weighted by atomic mass is 19.1. The van der Waals surface area contributed by atoms with Gasteiger partial charge >= 0.3 is 6.03 Å². The van der Waals surface area contributed by atoms with E-state index in [0.717, 1.165) is 0 Å². The van der Waals surface area contributed by atoms with Crippen molar-refractivity contribution in [3.05, 3.63) is 57.8 Å². The fourth-order valence-electron chi connectivity index (χ4n) is 2.72. The lowest BCUT2D eigenvalue weighted by Crippen LogP contribution is -2.37. The molecule has 1 atom stereocenters. The number of carbonyl (C=O) groups excluding carboxylic acids is 1. The topological polar surface area (TPSA) is 72.4 Å². The van der Waals surface area contributed by atoms with E-state index in [0.29, 0.717) is 24.2 Å². The Balaban J connectivity index is 1.79. The number of halogens is 1. The summed E-state index contributed by atoms with van der Waals surface area (Å²) in [6.07, 6.45) is 2.16. The molecule has 6 nitrogen and oxygen atoms in total. The molecule has 0 aliphatic carbocycles. The second kappa shape index (κ2) is 6.35. The predicted molar refractivity (Wildman–Crippen MR) is 87.8 cm³/mol. The highest BCUT2D eigenvalue weighted by Gasteiger charge is 2.25. The first-order valence-corrected chi connectivity index (χ1v) is 7.62. The van der Waals surface area contributed by atoms with Crippen molar-refractivity contribution in [1.29, 1.82) is 0 Å². The van der Waals surface area contributed by atoms with Crippen molar-refractivity contribution in [2.24, 2.45) is 7.05 Å². The lowest BCUT2D eigenvalue weighted by Gasteiger charge is -2.27. The van der Waals surface area contributed by atoms with Crippen LogP contribution in [0.3, 0.4) is 0 Å². The van der Waals surface area contributed by atoms with Crippen LogP contribution in [-0.2, 0) is 7.05 Å². The van der Waals surface area contributed by atoms with Crippen molar-refractivity contribution in [3.63, 3.8) is 0 Å². The Morgan fingerprint density at radius 1 is 1.38 bits per heavy atom. The molecule has 2 N–H and O–H groups in total. The molecule has 2 amide bonds. The van der Waals surface area contributed by atoms with Crippen LogP contribution < -0.4 is 20.9 Å². The number of ether oxygens (including phenoxy) is 1. The normalized spacial score (nSPS) is 16.0. The number of fused-ring (bicyclic) bond motifs is 1. The van der Waals surface area contributed by atoms with Gasteiger partial charge in [0.15, 0.2) is 11.6 Å². The average molecular weight is 331 g/mol. The Kier molecular flexibility index (Phi) is 4.24. The third kappa shape index (κ3) is 2.97. The SMILES string of the molecule is Cc1ccn(C)c(=O)c1NC(=O)N[C@H]1CCOc2c(F)cccc21. The van der Waals surface area contributed by atoms with Crippen LogP contribution >= 0.6 is 0 Å². The number of hydrogen-bond acceptors (Lipinski definition) is 3. The number of aryl methyl sites for hydroxylation is 2. The van der Waals surface area contributed by atoms with Gasteiger partial charge in [-0.2, -0.15) is 0 Å². The third-order valence-corrected chi connectivity index (χ3v) is 4.05. The number of anilines is 1. The van der Waals surface area contributed by atoms with E-state index in [1.165, 1.54) is 10.6 Å². The molecule has 24 heavy (non-hydrogen) atoms. The molecule has 7 heteroatoms. The minimum atomic E-state index is -0.511. The molecular formula is C17H18FN3O3. The first-order valence-electron chi connectivity index (χ1n) is 7.62. The Morgan fingerprint density at radius 3 is 2.96 bits per heavy atom. The van der Waals surface area contributed by atoms with E-state index >= 15 is 0 Å². The molecule has 2 aromatic rings. The molecular weight excluding hydrogens is 313 g/mol. The number of carbonyl (C=O) groups is 1. The van der Waals surface area contributed by atoms with E-state index in [1.54, 1.807) is 38.4 Å². The molecule has 0 saturated carbocycles. The molecule has 2 heterocycles. The van der Waals surface area contributed by atoms with Gasteiger partial charge in [-0.05, 0) is 24.6 Å². The Labute approximate surface area is 138 Å². The third-order valence-electron chi connectivity index (χ3n) is 4.05. The van der Waals surface area contributed by atoms with E-state index < -0.39 is 11.8 Å². The molecule has 1 aliphatic heterocycles. The molecule has 1 aromatic heterocycles. The van der Waals surface area contributed by atoms with Crippen molar-refractivity contribution in [2.75, 3.05) is 11.9 Å². The van der Waals surface area contributed by atoms with Gasteiger partial charge < -0.3 is 19.9 Å². The molecule has 1 aromatic carbocycles. The molecule has 0 unspecified atom stereocenters. The number of hydrogen-bond donors (Lipinski definition) is 2. The van der Waals surface area contributed by atoms with E-state index in [2.05, 4.69) is 10.6 Å². The summed E-state index contributed by atoms with van der Waals surface area (Å²) < 4.78 is 20.5. The standard InChI is InChI=1S/C17H18FN3O3/c1-10-6-8-21(2)16(22)14(10)20-17(23)19-13-7-9-24-15-11(13)4-3-5-12(15)18/h3-6,8,13H,7,9H2,1-2H3,(H2,19,20,23)/t13-/m0/s1. The van der Waals surface area contributed by atoms with Gasteiger partial charge in [0.1, 0.15) is 5.69 Å². The van der Waals surface area contributed by atoms with E-state index in [-0.39, 0.29) is 23.0 Å². The van der Waals surface area contributed by atoms with Gasteiger partial charge in [-0.1, -0.05) is 12.1 Å². The molecule has 0 spiro atoms. The summed E-state index contributed by atoms with van der Waals surface area (Å²) >= 11 is 0. The molecule has 126 valence electrons. The van der Waals surface area contributed by atoms with Gasteiger partial charge in [-0.25, -0.2) is 9.18 Å². The second-order valence-corrected chi connectivity index (χ2v) is 5.74. The van der Waals surface area contributed by atoms with Crippen molar-refractivity contribution in [3.8, 4) is 5.75 Å². The van der Waals surface area contributed by atoms with E-state index in [9.17, 15) is 14.0 Å². The fourth-order valence-corrected chi connectivity index (χ4v) is 2.72. The summed E-state index contributed by atoms with van der Waals surface area (Å²) in [5.74, 6) is -0.284. The van der Waals surface area contributed by atoms with Crippen LogP contribution in [0.15, 0.2) is 35.3 Å². The highest BCUT2D eigenvalue weighted by Crippen LogP contribution is 2.33. The summed E-state index contributed by atoms with van der Waals surface area (Å²) in [6, 6.07) is 5.47. The summed E-state index contributed by atoms with van der Waals surface area (Å²) in [5.41, 5.74) is 1.20. The van der Waals surface area contributed by atoms with Crippen LogP contribution in [0.2, 0.25) is 0 Å². The Hall–Kier alpha value is -2.83. The van der Waals surface area contributed by atoms with Gasteiger partial charge in [0, 0.05) is 25.2 Å². The number of nitrogens with zero attached hydrogens (tertiary/aromatic N) is 1. The maximum Gasteiger partial charge on any atom is 0.319 e. The van der Waals surface area contributed by atoms with Crippen LogP contribution in [0.5, 0.6) is 5.75 Å². The number of urea groups is 1. The zero-order chi connectivity index (χ0) is 17.3. The summed E-state index contributed by atoms with van der Waals surface area (Å²) in [6.45, 7) is 2.06. The van der Waals surface area contributed by atoms with Gasteiger partial charge in [-0.3, -0.25) is 4.79 Å². The second-order valence-electron chi connectivity index (χ2n) is 5.74. The molecule has 0 saturated heterocycles. The zero-order valence-corrected chi connectivity index (χ0v) is 13.4. The zero-order valence-electron chi connectivity index (χ0n) is 13.4. The van der Waals surface area contributed by atoms with Crippen molar-refractivity contribution in [2.45, 2.75) is 19.4 Å². The van der Waals surface area contributed by atoms with Crippen molar-refractivity contribution >= 4 is 11.7 Å². The number of nitrogens with one attached hydrogen (secondary N) is 2. The predicted octanol–water partition coefficient (Wildman–Crippen LogP) is 2.48. The maximum absolute atomic E-state index is 13.8. The molecule has 1 aliphatic rings. The largest absolute Gasteiger partial charge is 0.490 e. The van der Waals surface area contributed by atoms with Crippen LogP contribution in [-0.4, -0.2) is 17.2 Å². The number of aromatic nitrogens is 1. The Morgan fingerprint density at radius 2 is 2.17 bits per heavy atom. The van der Waals surface area contributed by atoms with Crippen LogP contribution in [0.4, 0.5) is 14.9 Å². The van der Waals surface area contributed by atoms with E-state index in [4.69, 9.17) is 4.74 Å². The lowest BCUT2D eigenvalue weighted by molar-refractivity contribution is 0.227. The van der Waals surface area contributed by atoms with Gasteiger partial charge in [0.05, 0.1) is 12.6 Å². The number of amides is 2. The molecule has 3 rings (SSSR count). The summed E-state index contributed by atoms with van der Waals surface area (Å²) in [4.78, 5) is 24.4. The van der Waals surface area contributed by atoms with Gasteiger partial charge in [0.25, 0.3) is 5.56 Å². The maximum atomic E-state index is 13.8. The first kappa shape index (κ1) is 16.0. The lowest BCUT2D eigenvalue weighted by atomic mass is 10.0. The van der Waals surface area contributed by atoms with Crippen LogP contribution in [0, 0.1) is 12.7 Å². The van der Waals surface area contributed by atoms with Crippen LogP contribution in [0.25, 0.3) is 0 Å². The van der Waals surface area contributed by atoms with Crippen LogP contribution in [0.1, 0.15) is 23.6 Å². The van der Waals surface area contributed by atoms with E-state index in [1.807, 2.05) is 0 Å². The molecule has 0 bridgehead atoms. The number of pyridine rings is 1. The number of para-hydroxylation sites is 1. The smallest absolute Gasteiger partial charge is 0.319 e. The van der Waals surface area contributed by atoms with Crippen molar-refractivity contribution < 1.29 is 13.9 Å². The monoisotopic (exact) mass is 331 g/mol. The first-order chi connectivity index (χ1) is 11.5. The Bertz CT molecular complexity index is 847. The number of benzene rings is 1. The summed E-state index contributed by atoms with van der Waals surface area (Å²) in [7, 11) is 1.61. The molecule has 0 fully saturated rings. The quantitative estimate of drug-likeness (QED) is 0.888. The van der Waals surface area contributed by atoms with Crippen molar-refractivity contribution in [1.82, 2.24) is 9.88 Å². The summed E-state index contributed by atoms with van der Waals surface area (Å²) in [5, 5.41) is 5.37. The minimum Gasteiger partial charge on any atom is -0.490 e. The average Bonchev–Trinajstić information content (AvgIpc) is 2.56. The fraction of sp³-hybridized carbons (Fsp3) is 0.294. The number of rotatable bonds is 2. The van der Waals surface area contributed by atoms with Gasteiger partial charge in [0.2, 0.25) is 0 Å². The molecule has 0 radical (unpaired) electrons.